The molecule has 0 aromatic heterocycles. The van der Waals surface area contributed by atoms with Crippen molar-refractivity contribution < 1.29 is 10.2 Å². The Morgan fingerprint density at radius 1 is 1.50 bits per heavy atom. The number of phenols is 1. The Kier molecular flexibility index (Phi) is 2.68. The van der Waals surface area contributed by atoms with Gasteiger partial charge >= 0.3 is 0 Å². The maximum atomic E-state index is 9.40. The van der Waals surface area contributed by atoms with Crippen molar-refractivity contribution in [3.05, 3.63) is 29.3 Å². The molecule has 0 radical (unpaired) electrons. The highest BCUT2D eigenvalue weighted by molar-refractivity contribution is 5.37. The molecule has 3 heteroatoms. The van der Waals surface area contributed by atoms with Gasteiger partial charge in [0.15, 0.2) is 0 Å². The molecule has 12 heavy (non-hydrogen) atoms. The number of phenolic OH excluding ortho intramolecular Hbond substituents is 1. The van der Waals surface area contributed by atoms with Crippen molar-refractivity contribution in [3.8, 4) is 5.75 Å². The van der Waals surface area contributed by atoms with E-state index in [-0.39, 0.29) is 12.4 Å². The number of nitrogens with two attached hydrogens (primary N) is 1. The predicted molar refractivity (Wildman–Crippen MR) is 46.9 cm³/mol. The van der Waals surface area contributed by atoms with E-state index in [0.717, 1.165) is 5.56 Å². The first kappa shape index (κ1) is 9.03. The molecule has 4 N–H and O–H groups in total. The van der Waals surface area contributed by atoms with Crippen molar-refractivity contribution in [2.75, 3.05) is 6.61 Å². The number of aromatic hydroxyl groups is 1. The van der Waals surface area contributed by atoms with Crippen molar-refractivity contribution in [1.82, 2.24) is 0 Å². The molecule has 0 fully saturated rings. The van der Waals surface area contributed by atoms with Crippen molar-refractivity contribution >= 4 is 0 Å². The Hall–Kier alpha value is -1.06. The van der Waals surface area contributed by atoms with E-state index in [1.807, 2.05) is 13.0 Å². The maximum Gasteiger partial charge on any atom is 0.120 e. The van der Waals surface area contributed by atoms with Crippen molar-refractivity contribution in [3.63, 3.8) is 0 Å². The van der Waals surface area contributed by atoms with E-state index in [1.54, 1.807) is 12.1 Å². The van der Waals surface area contributed by atoms with Crippen molar-refractivity contribution in [2.24, 2.45) is 5.73 Å². The summed E-state index contributed by atoms with van der Waals surface area (Å²) in [7, 11) is 0. The predicted octanol–water partition coefficient (Wildman–Crippen LogP) is 0.693. The molecule has 0 saturated carbocycles. The lowest BCUT2D eigenvalue weighted by Crippen LogP contribution is -2.14. The quantitative estimate of drug-likeness (QED) is 0.607. The van der Waals surface area contributed by atoms with Crippen LogP contribution in [0, 0.1) is 6.92 Å². The third-order valence-electron chi connectivity index (χ3n) is 1.78. The van der Waals surface area contributed by atoms with Crippen molar-refractivity contribution in [1.29, 1.82) is 0 Å². The molecule has 0 spiro atoms. The van der Waals surface area contributed by atoms with Crippen LogP contribution in [0.3, 0.4) is 0 Å². The standard InChI is InChI=1S/C9H13NO2/c1-6-2-3-7(8(10)5-11)9(12)4-6/h2-4,8,11-12H,5,10H2,1H3/t8-/m1/s1. The summed E-state index contributed by atoms with van der Waals surface area (Å²) in [6.07, 6.45) is 0. The Labute approximate surface area is 71.5 Å². The van der Waals surface area contributed by atoms with Crippen LogP contribution < -0.4 is 5.73 Å². The first-order valence-corrected chi connectivity index (χ1v) is 3.81. The van der Waals surface area contributed by atoms with Crippen LogP contribution in [0.25, 0.3) is 0 Å². The molecule has 0 heterocycles. The Morgan fingerprint density at radius 3 is 2.67 bits per heavy atom. The van der Waals surface area contributed by atoms with Gasteiger partial charge in [0, 0.05) is 5.56 Å². The molecule has 0 saturated heterocycles. The van der Waals surface area contributed by atoms with Gasteiger partial charge in [-0.1, -0.05) is 12.1 Å². The van der Waals surface area contributed by atoms with Crippen LogP contribution in [0.15, 0.2) is 18.2 Å². The fourth-order valence-electron chi connectivity index (χ4n) is 1.07. The summed E-state index contributed by atoms with van der Waals surface area (Å²) >= 11 is 0. The molecular formula is C9H13NO2. The van der Waals surface area contributed by atoms with E-state index in [0.29, 0.717) is 5.56 Å². The van der Waals surface area contributed by atoms with Gasteiger partial charge in [0.05, 0.1) is 12.6 Å². The van der Waals surface area contributed by atoms with E-state index in [2.05, 4.69) is 0 Å². The first-order chi connectivity index (χ1) is 5.65. The number of rotatable bonds is 2. The summed E-state index contributed by atoms with van der Waals surface area (Å²) in [5.41, 5.74) is 7.09. The molecule has 66 valence electrons. The maximum absolute atomic E-state index is 9.40. The average Bonchev–Trinajstić information content (AvgIpc) is 2.03. The third-order valence-corrected chi connectivity index (χ3v) is 1.78. The van der Waals surface area contributed by atoms with E-state index in [4.69, 9.17) is 10.8 Å². The van der Waals surface area contributed by atoms with E-state index in [1.165, 1.54) is 0 Å². The summed E-state index contributed by atoms with van der Waals surface area (Å²) in [4.78, 5) is 0. The minimum atomic E-state index is -0.495. The second-order valence-corrected chi connectivity index (χ2v) is 2.85. The zero-order valence-corrected chi connectivity index (χ0v) is 6.99. The smallest absolute Gasteiger partial charge is 0.120 e. The van der Waals surface area contributed by atoms with Crippen LogP contribution >= 0.6 is 0 Å². The van der Waals surface area contributed by atoms with E-state index < -0.39 is 6.04 Å². The molecule has 1 atom stereocenters. The van der Waals surface area contributed by atoms with Crippen molar-refractivity contribution in [2.45, 2.75) is 13.0 Å². The fourth-order valence-corrected chi connectivity index (χ4v) is 1.07. The summed E-state index contributed by atoms with van der Waals surface area (Å²) in [5.74, 6) is 0.150. The summed E-state index contributed by atoms with van der Waals surface area (Å²) < 4.78 is 0. The van der Waals surface area contributed by atoms with Gasteiger partial charge in [-0.2, -0.15) is 0 Å². The molecule has 3 nitrogen and oxygen atoms in total. The topological polar surface area (TPSA) is 66.5 Å². The fraction of sp³-hybridized carbons (Fsp3) is 0.333. The van der Waals surface area contributed by atoms with Crippen LogP contribution in [0.1, 0.15) is 17.2 Å². The zero-order valence-electron chi connectivity index (χ0n) is 6.99. The largest absolute Gasteiger partial charge is 0.508 e. The Morgan fingerprint density at radius 2 is 2.17 bits per heavy atom. The van der Waals surface area contributed by atoms with E-state index >= 15 is 0 Å². The van der Waals surface area contributed by atoms with Gasteiger partial charge in [-0.25, -0.2) is 0 Å². The molecule has 0 unspecified atom stereocenters. The number of benzene rings is 1. The lowest BCUT2D eigenvalue weighted by atomic mass is 10.1. The molecule has 0 aliphatic heterocycles. The summed E-state index contributed by atoms with van der Waals surface area (Å²) in [6, 6.07) is 4.71. The van der Waals surface area contributed by atoms with Crippen LogP contribution in [0.4, 0.5) is 0 Å². The zero-order chi connectivity index (χ0) is 9.14. The van der Waals surface area contributed by atoms with Crippen LogP contribution in [-0.4, -0.2) is 16.8 Å². The highest BCUT2D eigenvalue weighted by atomic mass is 16.3. The van der Waals surface area contributed by atoms with E-state index in [9.17, 15) is 5.11 Å². The van der Waals surface area contributed by atoms with Gasteiger partial charge in [-0.05, 0) is 18.6 Å². The minimum absolute atomic E-state index is 0.150. The van der Waals surface area contributed by atoms with Gasteiger partial charge in [-0.3, -0.25) is 0 Å². The van der Waals surface area contributed by atoms with Gasteiger partial charge in [0.1, 0.15) is 5.75 Å². The molecule has 1 aromatic rings. The molecule has 1 aromatic carbocycles. The average molecular weight is 167 g/mol. The highest BCUT2D eigenvalue weighted by Crippen LogP contribution is 2.23. The van der Waals surface area contributed by atoms with Crippen LogP contribution in [-0.2, 0) is 0 Å². The van der Waals surface area contributed by atoms with Gasteiger partial charge in [0.25, 0.3) is 0 Å². The number of aliphatic hydroxyl groups excluding tert-OH is 1. The number of aliphatic hydroxyl groups is 1. The normalized spacial score (nSPS) is 12.9. The lowest BCUT2D eigenvalue weighted by molar-refractivity contribution is 0.265. The van der Waals surface area contributed by atoms with Crippen LogP contribution in [0.5, 0.6) is 5.75 Å². The number of aryl methyl sites for hydroxylation is 1. The second kappa shape index (κ2) is 3.56. The molecule has 1 rings (SSSR count). The first-order valence-electron chi connectivity index (χ1n) is 3.81. The van der Waals surface area contributed by atoms with Crippen LogP contribution in [0.2, 0.25) is 0 Å². The number of hydrogen-bond donors (Lipinski definition) is 3. The summed E-state index contributed by atoms with van der Waals surface area (Å²) in [5, 5.41) is 18.1. The minimum Gasteiger partial charge on any atom is -0.508 e. The Balaban J connectivity index is 3.01. The monoisotopic (exact) mass is 167 g/mol. The number of hydrogen-bond acceptors (Lipinski definition) is 3. The highest BCUT2D eigenvalue weighted by Gasteiger charge is 2.08. The molecule has 0 amide bonds. The third kappa shape index (κ3) is 1.75. The molecular weight excluding hydrogens is 154 g/mol. The second-order valence-electron chi connectivity index (χ2n) is 2.85. The molecule has 0 bridgehead atoms. The van der Waals surface area contributed by atoms with Gasteiger partial charge in [0.2, 0.25) is 0 Å². The molecule has 0 aliphatic carbocycles. The van der Waals surface area contributed by atoms with Gasteiger partial charge < -0.3 is 15.9 Å². The Bertz CT molecular complexity index is 273. The van der Waals surface area contributed by atoms with Gasteiger partial charge in [-0.15, -0.1) is 0 Å². The molecule has 0 aliphatic rings. The summed E-state index contributed by atoms with van der Waals surface area (Å²) in [6.45, 7) is 1.73. The lowest BCUT2D eigenvalue weighted by Gasteiger charge is -2.10. The SMILES string of the molecule is Cc1ccc([C@H](N)CO)c(O)c1.